The van der Waals surface area contributed by atoms with Gasteiger partial charge in [0.1, 0.15) is 0 Å². The van der Waals surface area contributed by atoms with Gasteiger partial charge in [0.25, 0.3) is 5.91 Å². The van der Waals surface area contributed by atoms with E-state index < -0.39 is 24.1 Å². The van der Waals surface area contributed by atoms with Gasteiger partial charge in [0.05, 0.1) is 7.11 Å². The van der Waals surface area contributed by atoms with Gasteiger partial charge in [0.2, 0.25) is 0 Å². The largest absolute Gasteiger partial charge is 0.453 e. The lowest BCUT2D eigenvalue weighted by Gasteiger charge is -2.11. The Bertz CT molecular complexity index is 558. The van der Waals surface area contributed by atoms with Gasteiger partial charge in [-0.1, -0.05) is 13.8 Å². The number of nitrogens with zero attached hydrogens (tertiary/aromatic N) is 1. The van der Waals surface area contributed by atoms with Crippen LogP contribution in [0.3, 0.4) is 0 Å². The molecular weight excluding hydrogens is 322 g/mol. The van der Waals surface area contributed by atoms with Crippen molar-refractivity contribution in [2.75, 3.05) is 19.0 Å². The van der Waals surface area contributed by atoms with Crippen molar-refractivity contribution in [1.29, 1.82) is 0 Å². The normalized spacial score (nSPS) is 11.7. The van der Waals surface area contributed by atoms with E-state index in [4.69, 9.17) is 4.74 Å². The number of amides is 2. The first-order valence-electron chi connectivity index (χ1n) is 7.12. The highest BCUT2D eigenvalue weighted by Gasteiger charge is 2.22. The number of ether oxygens (including phenoxy) is 2. The van der Waals surface area contributed by atoms with Crippen LogP contribution in [0.4, 0.5) is 9.93 Å². The van der Waals surface area contributed by atoms with E-state index in [1.165, 1.54) is 18.3 Å². The molecule has 0 saturated heterocycles. The Labute approximate surface area is 138 Å². The summed E-state index contributed by atoms with van der Waals surface area (Å²) in [5.74, 6) is -0.928. The van der Waals surface area contributed by atoms with Crippen LogP contribution in [-0.4, -0.2) is 42.7 Å². The smallest absolute Gasteiger partial charge is 0.413 e. The SMILES string of the molecule is COC(=O)NC(=O)[C@@H](C)OC(=O)c1csc(NCCC(C)C)n1. The second-order valence-corrected chi connectivity index (χ2v) is 6.03. The predicted molar refractivity (Wildman–Crippen MR) is 85.5 cm³/mol. The zero-order chi connectivity index (χ0) is 17.4. The van der Waals surface area contributed by atoms with Gasteiger partial charge >= 0.3 is 12.1 Å². The molecule has 0 aliphatic rings. The topological polar surface area (TPSA) is 107 Å². The van der Waals surface area contributed by atoms with Crippen molar-refractivity contribution in [3.63, 3.8) is 0 Å². The molecule has 0 unspecified atom stereocenters. The molecule has 1 atom stereocenters. The monoisotopic (exact) mass is 343 g/mol. The zero-order valence-corrected chi connectivity index (χ0v) is 14.4. The minimum Gasteiger partial charge on any atom is -0.453 e. The highest BCUT2D eigenvalue weighted by molar-refractivity contribution is 7.13. The first-order chi connectivity index (χ1) is 10.8. The maximum atomic E-state index is 11.9. The average Bonchev–Trinajstić information content (AvgIpc) is 2.95. The summed E-state index contributed by atoms with van der Waals surface area (Å²) in [6, 6.07) is 0. The third-order valence-corrected chi connectivity index (χ3v) is 3.57. The number of methoxy groups -OCH3 is 1. The Morgan fingerprint density at radius 3 is 2.61 bits per heavy atom. The van der Waals surface area contributed by atoms with Crippen LogP contribution in [0.5, 0.6) is 0 Å². The Morgan fingerprint density at radius 2 is 2.00 bits per heavy atom. The number of hydrogen-bond donors (Lipinski definition) is 2. The predicted octanol–water partition coefficient (Wildman–Crippen LogP) is 2.03. The lowest BCUT2D eigenvalue weighted by Crippen LogP contribution is -2.39. The number of thiazole rings is 1. The molecule has 1 heterocycles. The van der Waals surface area contributed by atoms with Crippen molar-refractivity contribution in [3.05, 3.63) is 11.1 Å². The van der Waals surface area contributed by atoms with E-state index in [0.717, 1.165) is 20.1 Å². The third-order valence-electron chi connectivity index (χ3n) is 2.77. The lowest BCUT2D eigenvalue weighted by atomic mass is 10.1. The van der Waals surface area contributed by atoms with Crippen molar-refractivity contribution >= 4 is 34.4 Å². The Morgan fingerprint density at radius 1 is 1.30 bits per heavy atom. The van der Waals surface area contributed by atoms with Gasteiger partial charge in [-0.25, -0.2) is 14.6 Å². The first kappa shape index (κ1) is 18.9. The third kappa shape index (κ3) is 6.64. The summed E-state index contributed by atoms with van der Waals surface area (Å²) < 4.78 is 9.25. The van der Waals surface area contributed by atoms with E-state index in [9.17, 15) is 14.4 Å². The molecule has 2 amide bonds. The Hall–Kier alpha value is -2.16. The fraction of sp³-hybridized carbons (Fsp3) is 0.571. The lowest BCUT2D eigenvalue weighted by molar-refractivity contribution is -0.128. The van der Waals surface area contributed by atoms with Gasteiger partial charge in [0, 0.05) is 11.9 Å². The van der Waals surface area contributed by atoms with Gasteiger partial charge in [0.15, 0.2) is 16.9 Å². The number of imide groups is 1. The number of esters is 1. The van der Waals surface area contributed by atoms with E-state index in [2.05, 4.69) is 28.9 Å². The van der Waals surface area contributed by atoms with Crippen LogP contribution in [-0.2, 0) is 14.3 Å². The molecule has 9 heteroatoms. The highest BCUT2D eigenvalue weighted by Crippen LogP contribution is 2.17. The van der Waals surface area contributed by atoms with Crippen LogP contribution >= 0.6 is 11.3 Å². The van der Waals surface area contributed by atoms with E-state index >= 15 is 0 Å². The maximum Gasteiger partial charge on any atom is 0.413 e. The summed E-state index contributed by atoms with van der Waals surface area (Å²) in [5, 5.41) is 7.20. The quantitative estimate of drug-likeness (QED) is 0.729. The van der Waals surface area contributed by atoms with E-state index in [1.807, 2.05) is 5.32 Å². The molecule has 0 fully saturated rings. The standard InChI is InChI=1S/C14H21N3O5S/c1-8(2)5-6-15-13-16-10(7-23-13)12(19)22-9(3)11(18)17-14(20)21-4/h7-9H,5-6H2,1-4H3,(H,15,16)(H,17,18,20)/t9-/m1/s1. The summed E-state index contributed by atoms with van der Waals surface area (Å²) >= 11 is 1.28. The van der Waals surface area contributed by atoms with E-state index in [-0.39, 0.29) is 5.69 Å². The summed E-state index contributed by atoms with van der Waals surface area (Å²) in [4.78, 5) is 38.5. The summed E-state index contributed by atoms with van der Waals surface area (Å²) in [5.41, 5.74) is 0.111. The summed E-state index contributed by atoms with van der Waals surface area (Å²) in [6.07, 6.45) is -1.06. The van der Waals surface area contributed by atoms with Crippen LogP contribution in [0, 0.1) is 5.92 Å². The zero-order valence-electron chi connectivity index (χ0n) is 13.5. The van der Waals surface area contributed by atoms with Gasteiger partial charge in [-0.2, -0.15) is 0 Å². The number of anilines is 1. The molecular formula is C14H21N3O5S. The van der Waals surface area contributed by atoms with Crippen molar-refractivity contribution in [2.24, 2.45) is 5.92 Å². The fourth-order valence-corrected chi connectivity index (χ4v) is 2.15. The first-order valence-corrected chi connectivity index (χ1v) is 8.00. The number of aromatic nitrogens is 1. The molecule has 0 aromatic carbocycles. The molecule has 1 aromatic heterocycles. The van der Waals surface area contributed by atoms with Crippen molar-refractivity contribution in [3.8, 4) is 0 Å². The van der Waals surface area contributed by atoms with Crippen LogP contribution in [0.1, 0.15) is 37.7 Å². The minimum atomic E-state index is -1.14. The summed E-state index contributed by atoms with van der Waals surface area (Å²) in [6.45, 7) is 6.35. The van der Waals surface area contributed by atoms with E-state index in [1.54, 1.807) is 5.38 Å². The second-order valence-electron chi connectivity index (χ2n) is 5.18. The van der Waals surface area contributed by atoms with Gasteiger partial charge < -0.3 is 14.8 Å². The summed E-state index contributed by atoms with van der Waals surface area (Å²) in [7, 11) is 1.13. The minimum absolute atomic E-state index is 0.111. The van der Waals surface area contributed by atoms with Gasteiger partial charge in [-0.05, 0) is 19.3 Å². The number of nitrogens with one attached hydrogen (secondary N) is 2. The van der Waals surface area contributed by atoms with Gasteiger partial charge in [-0.15, -0.1) is 11.3 Å². The number of rotatable bonds is 7. The molecule has 0 bridgehead atoms. The van der Waals surface area contributed by atoms with E-state index in [0.29, 0.717) is 11.0 Å². The van der Waals surface area contributed by atoms with Crippen LogP contribution in [0.25, 0.3) is 0 Å². The van der Waals surface area contributed by atoms with Crippen LogP contribution in [0.2, 0.25) is 0 Å². The molecule has 23 heavy (non-hydrogen) atoms. The Kier molecular flexibility index (Phi) is 7.46. The van der Waals surface area contributed by atoms with Crippen LogP contribution < -0.4 is 10.6 Å². The Balaban J connectivity index is 2.49. The molecule has 0 aliphatic heterocycles. The molecule has 1 aromatic rings. The molecule has 0 radical (unpaired) electrons. The van der Waals surface area contributed by atoms with Crippen molar-refractivity contribution < 1.29 is 23.9 Å². The van der Waals surface area contributed by atoms with Gasteiger partial charge in [-0.3, -0.25) is 10.1 Å². The van der Waals surface area contributed by atoms with Crippen molar-refractivity contribution in [2.45, 2.75) is 33.3 Å². The molecule has 0 spiro atoms. The van der Waals surface area contributed by atoms with Crippen molar-refractivity contribution in [1.82, 2.24) is 10.3 Å². The van der Waals surface area contributed by atoms with Crippen LogP contribution in [0.15, 0.2) is 5.38 Å². The second kappa shape index (κ2) is 9.09. The highest BCUT2D eigenvalue weighted by atomic mass is 32.1. The molecule has 128 valence electrons. The fourth-order valence-electron chi connectivity index (χ4n) is 1.44. The molecule has 0 aliphatic carbocycles. The average molecular weight is 343 g/mol. The number of carbonyl (C=O) groups is 3. The molecule has 2 N–H and O–H groups in total. The maximum absolute atomic E-state index is 11.9. The molecule has 1 rings (SSSR count). The molecule has 0 saturated carbocycles. The number of carbonyl (C=O) groups excluding carboxylic acids is 3. The molecule has 8 nitrogen and oxygen atoms in total. The number of alkyl carbamates (subject to hydrolysis) is 1. The number of hydrogen-bond acceptors (Lipinski definition) is 8.